The van der Waals surface area contributed by atoms with Crippen LogP contribution in [0.25, 0.3) is 0 Å². The lowest BCUT2D eigenvalue weighted by Crippen LogP contribution is -2.31. The number of aromatic nitrogens is 2. The summed E-state index contributed by atoms with van der Waals surface area (Å²) < 4.78 is 0. The summed E-state index contributed by atoms with van der Waals surface area (Å²) in [4.78, 5) is 12.1. The minimum absolute atomic E-state index is 0.727. The van der Waals surface area contributed by atoms with Gasteiger partial charge in [-0.1, -0.05) is 0 Å². The van der Waals surface area contributed by atoms with Gasteiger partial charge in [-0.3, -0.25) is 0 Å². The summed E-state index contributed by atoms with van der Waals surface area (Å²) >= 11 is 0. The van der Waals surface area contributed by atoms with Crippen molar-refractivity contribution in [3.63, 3.8) is 0 Å². The number of nitrogens with one attached hydrogen (secondary N) is 1. The highest BCUT2D eigenvalue weighted by atomic mass is 15.3. The van der Waals surface area contributed by atoms with Gasteiger partial charge in [0.2, 0.25) is 5.95 Å². The second-order valence-electron chi connectivity index (χ2n) is 5.76. The largest absolute Gasteiger partial charge is 0.341 e. The Morgan fingerprint density at radius 3 is 2.61 bits per heavy atom. The minimum atomic E-state index is 0.727. The van der Waals surface area contributed by atoms with Crippen molar-refractivity contribution in [1.82, 2.24) is 15.3 Å². The lowest BCUT2D eigenvalue weighted by Gasteiger charge is -2.27. The highest BCUT2D eigenvalue weighted by molar-refractivity contribution is 5.41. The number of hydrogen-bond acceptors (Lipinski definition) is 4. The zero-order valence-corrected chi connectivity index (χ0v) is 10.8. The summed E-state index contributed by atoms with van der Waals surface area (Å²) in [5, 5.41) is 3.42. The molecule has 0 bridgehead atoms. The smallest absolute Gasteiger partial charge is 0.225 e. The van der Waals surface area contributed by atoms with Gasteiger partial charge in [0.25, 0.3) is 0 Å². The molecule has 0 atom stereocenters. The van der Waals surface area contributed by atoms with Gasteiger partial charge >= 0.3 is 0 Å². The van der Waals surface area contributed by atoms with Crippen LogP contribution < -0.4 is 10.2 Å². The average molecular weight is 244 g/mol. The fourth-order valence-corrected chi connectivity index (χ4v) is 3.11. The number of nitrogens with zero attached hydrogens (tertiary/aromatic N) is 3. The van der Waals surface area contributed by atoms with E-state index in [1.165, 1.54) is 49.1 Å². The molecule has 1 saturated heterocycles. The number of fused-ring (bicyclic) bond motifs is 1. The molecule has 2 aliphatic heterocycles. The van der Waals surface area contributed by atoms with Gasteiger partial charge in [-0.2, -0.15) is 0 Å². The highest BCUT2D eigenvalue weighted by Gasteiger charge is 2.32. The van der Waals surface area contributed by atoms with Gasteiger partial charge in [-0.25, -0.2) is 9.97 Å². The van der Waals surface area contributed by atoms with Crippen LogP contribution >= 0.6 is 0 Å². The summed E-state index contributed by atoms with van der Waals surface area (Å²) in [6, 6.07) is 0. The van der Waals surface area contributed by atoms with E-state index >= 15 is 0 Å². The predicted octanol–water partition coefficient (Wildman–Crippen LogP) is 1.95. The van der Waals surface area contributed by atoms with Gasteiger partial charge in [0.05, 0.1) is 11.4 Å². The molecule has 1 aliphatic carbocycles. The second-order valence-corrected chi connectivity index (χ2v) is 5.76. The molecule has 96 valence electrons. The van der Waals surface area contributed by atoms with Gasteiger partial charge in [-0.05, 0) is 32.1 Å². The maximum atomic E-state index is 4.90. The van der Waals surface area contributed by atoms with Crippen LogP contribution in [-0.4, -0.2) is 23.1 Å². The Hall–Kier alpha value is -1.16. The highest BCUT2D eigenvalue weighted by Crippen LogP contribution is 2.42. The molecule has 0 amide bonds. The molecule has 0 unspecified atom stereocenters. The van der Waals surface area contributed by atoms with Crippen molar-refractivity contribution in [1.29, 1.82) is 0 Å². The first-order valence-corrected chi connectivity index (χ1v) is 7.27. The Bertz CT molecular complexity index is 461. The predicted molar refractivity (Wildman–Crippen MR) is 70.6 cm³/mol. The van der Waals surface area contributed by atoms with Crippen LogP contribution in [0.2, 0.25) is 0 Å². The molecule has 2 fully saturated rings. The second kappa shape index (κ2) is 4.19. The third kappa shape index (κ3) is 1.79. The first-order valence-electron chi connectivity index (χ1n) is 7.27. The van der Waals surface area contributed by atoms with E-state index in [-0.39, 0.29) is 0 Å². The molecule has 4 nitrogen and oxygen atoms in total. The Kier molecular flexibility index (Phi) is 2.50. The number of piperidine rings is 1. The summed E-state index contributed by atoms with van der Waals surface area (Å²) in [5.74, 6) is 1.73. The molecule has 3 heterocycles. The van der Waals surface area contributed by atoms with Crippen LogP contribution in [0, 0.1) is 0 Å². The molecule has 0 spiro atoms. The van der Waals surface area contributed by atoms with Gasteiger partial charge in [0, 0.05) is 37.7 Å². The number of anilines is 1. The van der Waals surface area contributed by atoms with Crippen molar-refractivity contribution in [3.05, 3.63) is 17.0 Å². The molecule has 1 saturated carbocycles. The van der Waals surface area contributed by atoms with Crippen LogP contribution in [-0.2, 0) is 13.1 Å². The third-order valence-electron chi connectivity index (χ3n) is 4.31. The summed E-state index contributed by atoms with van der Waals surface area (Å²) in [6.45, 7) is 4.17. The fourth-order valence-electron chi connectivity index (χ4n) is 3.11. The van der Waals surface area contributed by atoms with E-state index < -0.39 is 0 Å². The van der Waals surface area contributed by atoms with Crippen molar-refractivity contribution in [2.24, 2.45) is 0 Å². The van der Waals surface area contributed by atoms with Crippen LogP contribution in [0.15, 0.2) is 0 Å². The van der Waals surface area contributed by atoms with E-state index in [0.29, 0.717) is 0 Å². The number of hydrogen-bond donors (Lipinski definition) is 1. The normalized spacial score (nSPS) is 23.2. The lowest BCUT2D eigenvalue weighted by molar-refractivity contribution is 0.566. The van der Waals surface area contributed by atoms with Gasteiger partial charge in [0.15, 0.2) is 0 Å². The molecular weight excluding hydrogens is 224 g/mol. The first kappa shape index (κ1) is 10.7. The Balaban J connectivity index is 1.72. The third-order valence-corrected chi connectivity index (χ3v) is 4.31. The Labute approximate surface area is 108 Å². The van der Waals surface area contributed by atoms with Crippen LogP contribution in [0.4, 0.5) is 5.95 Å². The monoisotopic (exact) mass is 244 g/mol. The molecular formula is C14H20N4. The van der Waals surface area contributed by atoms with Crippen LogP contribution in [0.5, 0.6) is 0 Å². The zero-order chi connectivity index (χ0) is 11.9. The van der Waals surface area contributed by atoms with E-state index in [4.69, 9.17) is 9.97 Å². The lowest BCUT2D eigenvalue weighted by atomic mass is 10.1. The fraction of sp³-hybridized carbons (Fsp3) is 0.714. The van der Waals surface area contributed by atoms with E-state index in [1.54, 1.807) is 0 Å². The van der Waals surface area contributed by atoms with Crippen LogP contribution in [0.3, 0.4) is 0 Å². The molecule has 3 aliphatic rings. The van der Waals surface area contributed by atoms with Crippen molar-refractivity contribution in [2.45, 2.75) is 51.1 Å². The SMILES string of the molecule is C1CCN(c2nc3c(c(C4CC4)n2)CNC3)CC1. The minimum Gasteiger partial charge on any atom is -0.341 e. The van der Waals surface area contributed by atoms with E-state index in [0.717, 1.165) is 38.0 Å². The quantitative estimate of drug-likeness (QED) is 0.863. The van der Waals surface area contributed by atoms with Crippen molar-refractivity contribution in [3.8, 4) is 0 Å². The zero-order valence-electron chi connectivity index (χ0n) is 10.8. The van der Waals surface area contributed by atoms with E-state index in [1.807, 2.05) is 0 Å². The maximum absolute atomic E-state index is 4.90. The van der Waals surface area contributed by atoms with Crippen LogP contribution in [0.1, 0.15) is 55.0 Å². The summed E-state index contributed by atoms with van der Waals surface area (Å²) in [7, 11) is 0. The molecule has 4 rings (SSSR count). The molecule has 18 heavy (non-hydrogen) atoms. The summed E-state index contributed by atoms with van der Waals surface area (Å²) in [6.07, 6.45) is 6.58. The number of rotatable bonds is 2. The molecule has 0 aromatic carbocycles. The molecule has 0 radical (unpaired) electrons. The summed E-state index contributed by atoms with van der Waals surface area (Å²) in [5.41, 5.74) is 4.01. The Morgan fingerprint density at radius 2 is 1.83 bits per heavy atom. The standard InChI is InChI=1S/C14H20N4/c1-2-6-18(7-3-1)14-16-12-9-15-8-11(12)13(17-14)10-4-5-10/h10,15H,1-9H2. The topological polar surface area (TPSA) is 41.1 Å². The van der Waals surface area contributed by atoms with Gasteiger partial charge in [-0.15, -0.1) is 0 Å². The molecule has 4 heteroatoms. The van der Waals surface area contributed by atoms with Gasteiger partial charge < -0.3 is 10.2 Å². The van der Waals surface area contributed by atoms with Crippen molar-refractivity contribution in [2.75, 3.05) is 18.0 Å². The average Bonchev–Trinajstić information content (AvgIpc) is 3.16. The molecule has 1 aromatic heterocycles. The van der Waals surface area contributed by atoms with E-state index in [9.17, 15) is 0 Å². The van der Waals surface area contributed by atoms with Gasteiger partial charge in [0.1, 0.15) is 0 Å². The van der Waals surface area contributed by atoms with E-state index in [2.05, 4.69) is 10.2 Å². The van der Waals surface area contributed by atoms with Crippen molar-refractivity contribution < 1.29 is 0 Å². The first-order chi connectivity index (χ1) is 8.92. The molecule has 1 aromatic rings. The maximum Gasteiger partial charge on any atom is 0.225 e. The Morgan fingerprint density at radius 1 is 1.00 bits per heavy atom. The molecule has 1 N–H and O–H groups in total. The van der Waals surface area contributed by atoms with Crippen molar-refractivity contribution >= 4 is 5.95 Å².